The number of nitrogens with one attached hydrogen (secondary N) is 6. The molecule has 30 nitrogen and oxygen atoms in total. The number of hydrogen-bond donors (Lipinski definition) is 13. The number of nitrogens with zero attached hydrogens (tertiary/aromatic N) is 6. The van der Waals surface area contributed by atoms with Crippen molar-refractivity contribution in [3.05, 3.63) is 116 Å². The molecule has 8 rings (SSSR count). The van der Waals surface area contributed by atoms with Gasteiger partial charge in [0.05, 0.1) is 132 Å². The molecule has 0 aliphatic rings. The molecule has 3 heterocycles. The van der Waals surface area contributed by atoms with Gasteiger partial charge < -0.3 is 86.7 Å². The number of nitro benzene ring substituents is 2. The summed E-state index contributed by atoms with van der Waals surface area (Å²) in [5.74, 6) is 0.852. The number of carbonyl (C=O) groups excluding carboxylic acids is 1. The number of benzene rings is 5. The van der Waals surface area contributed by atoms with Crippen molar-refractivity contribution in [2.45, 2.75) is 53.9 Å². The number of nitro groups is 2. The average Bonchev–Trinajstić information content (AvgIpc) is 0.821. The number of amides is 1. The minimum atomic E-state index is -0.673. The van der Waals surface area contributed by atoms with Gasteiger partial charge in [0.15, 0.2) is 63.4 Å². The normalized spacial score (nSPS) is 9.61. The number of carbonyl (C=O) groups is 1. The van der Waals surface area contributed by atoms with Crippen molar-refractivity contribution in [1.82, 2.24) is 15.0 Å². The van der Waals surface area contributed by atoms with Gasteiger partial charge in [-0.25, -0.2) is 0 Å². The largest absolute Gasteiger partial charge is 0.504 e. The Hall–Kier alpha value is -5.47. The summed E-state index contributed by atoms with van der Waals surface area (Å²) in [4.78, 5) is 43.5. The van der Waals surface area contributed by atoms with Gasteiger partial charge in [-0.3, -0.25) is 50.8 Å². The Morgan fingerprint density at radius 2 is 0.937 bits per heavy atom. The number of phenols is 5. The number of hydrogen-bond acceptors (Lipinski definition) is 26. The minimum absolute atomic E-state index is 0. The van der Waals surface area contributed by atoms with E-state index in [9.17, 15) is 45.4 Å². The number of nitriles is 1. The molecule has 8 aromatic rings. The first-order valence-corrected chi connectivity index (χ1v) is 27.0. The van der Waals surface area contributed by atoms with Crippen LogP contribution in [-0.2, 0) is 9.53 Å². The molecule has 35 heteroatoms. The summed E-state index contributed by atoms with van der Waals surface area (Å²) in [6.45, 7) is 10.9. The number of fused-ring (bicyclic) bond motifs is 3. The van der Waals surface area contributed by atoms with Crippen LogP contribution >= 0.6 is 0 Å². The van der Waals surface area contributed by atoms with Gasteiger partial charge in [-0.05, 0) is 62.6 Å². The van der Waals surface area contributed by atoms with E-state index in [1.54, 1.807) is 36.8 Å². The number of aryl methyl sites for hydroxylation is 3. The van der Waals surface area contributed by atoms with Crippen molar-refractivity contribution < 1.29 is 257 Å². The number of aromatic nitrogens is 3. The molecule has 518 valence electrons. The van der Waals surface area contributed by atoms with Gasteiger partial charge in [-0.2, -0.15) is 5.26 Å². The van der Waals surface area contributed by atoms with E-state index in [-0.39, 0.29) is 263 Å². The van der Waals surface area contributed by atoms with Gasteiger partial charge in [0.2, 0.25) is 5.91 Å². The Morgan fingerprint density at radius 3 is 1.27 bits per heavy atom. The molecule has 0 aliphatic carbocycles. The summed E-state index contributed by atoms with van der Waals surface area (Å²) in [5.41, 5.74) is 16.9. The predicted molar refractivity (Wildman–Crippen MR) is 342 cm³/mol. The zero-order valence-corrected chi connectivity index (χ0v) is 56.3. The number of aromatic hydroxyl groups is 5. The third kappa shape index (κ3) is 26.4. The Kier molecular flexibility index (Phi) is 44.3. The van der Waals surface area contributed by atoms with E-state index >= 15 is 0 Å². The number of pyridine rings is 3. The Labute approximate surface area is 696 Å². The molecule has 0 atom stereocenters. The minimum Gasteiger partial charge on any atom is -0.504 e. The number of methoxy groups -OCH3 is 5. The molecule has 0 fully saturated rings. The molecule has 15 N–H and O–H groups in total. The summed E-state index contributed by atoms with van der Waals surface area (Å²) < 4.78 is 30.1. The van der Waals surface area contributed by atoms with Crippen LogP contribution < -0.4 is 56.4 Å². The van der Waals surface area contributed by atoms with Gasteiger partial charge in [0, 0.05) is 277 Å². The average molecular weight is 1450 g/mol. The second-order valence-electron chi connectivity index (χ2n) is 18.9. The zero-order valence-electron chi connectivity index (χ0n) is 52.8. The third-order valence-corrected chi connectivity index (χ3v) is 12.7. The van der Waals surface area contributed by atoms with Crippen molar-refractivity contribution in [2.24, 2.45) is 5.73 Å². The zero-order chi connectivity index (χ0) is 66.9. The fourth-order valence-corrected chi connectivity index (χ4v) is 8.43. The van der Waals surface area contributed by atoms with Crippen LogP contribution in [0, 0.1) is 252 Å². The molecule has 0 unspecified atom stereocenters. The number of nitrogen functional groups attached to an aromatic ring is 1. The van der Waals surface area contributed by atoms with Gasteiger partial charge in [0.1, 0.15) is 11.4 Å². The number of anilines is 5. The molecular formula is C60H72Ar5N14O16. The molecule has 95 heavy (non-hydrogen) atoms. The number of ether oxygens (including phenoxy) is 6. The first-order valence-electron chi connectivity index (χ1n) is 27.0. The standard InChI is InChI=1S/C16H21N3O3.C14H18N4O2.C14H15N3O2.C9H10N2O5.C7H8N2O4.5Ar/c1-4-22-13(17)6-8-18-11-9-12(21-3)16(20)14-10(2)5-7-19-15(11)14;1-8-3-5-18-13-9(17-6-4-11(15)16)7-10(20-2)14(19)12(8)13;1-9-4-7-17-13-10(16-6-3-5-15)8-11(19-2)14(18)12(9)13;1-5(12)10-6-3-8(13)9(16-2)4-7(6)11(14)15;1-13-7-3-5(9(11)12)4(8)2-6(7)10;;;;;/h5,7,9,17-18,20H,4,6,8H2,1-3H3;3,5,7,17,19H,4,6H2,1-2H3,(H3,15,16);4,7-8,16,18H,3,6H2,1-2H3;3-4,13H,1-2H3,(H,10,12);2-3,10H,8H2,1H3;;;;;. The van der Waals surface area contributed by atoms with Crippen LogP contribution in [0.15, 0.2) is 79.3 Å². The maximum Gasteiger partial charge on any atom is 0.296 e. The molecule has 0 aliphatic heterocycles. The topological polar surface area (TPSA) is 470 Å². The Bertz CT molecular complexity index is 3970. The number of phenolic OH excluding ortho intramolecular Hbond substituents is 5. The second-order valence-corrected chi connectivity index (χ2v) is 18.9. The Balaban J connectivity index is 0. The van der Waals surface area contributed by atoms with Crippen LogP contribution in [0.1, 0.15) is 49.8 Å². The second kappa shape index (κ2) is 45.9. The predicted octanol–water partition coefficient (Wildman–Crippen LogP) is 9.81. The first-order chi connectivity index (χ1) is 42.8. The molecule has 0 radical (unpaired) electrons. The van der Waals surface area contributed by atoms with Crippen molar-refractivity contribution in [3.8, 4) is 63.6 Å². The number of nitrogens with two attached hydrogens (primary N) is 2. The van der Waals surface area contributed by atoms with Crippen molar-refractivity contribution >= 4 is 90.2 Å². The third-order valence-electron chi connectivity index (χ3n) is 12.7. The van der Waals surface area contributed by atoms with Crippen LogP contribution in [0.4, 0.5) is 39.8 Å². The monoisotopic (exact) mass is 1440 g/mol. The van der Waals surface area contributed by atoms with E-state index < -0.39 is 15.8 Å². The number of rotatable bonds is 20. The molecule has 3 aromatic heterocycles. The number of amidine groups is 1. The maximum absolute atomic E-state index is 10.8. The summed E-state index contributed by atoms with van der Waals surface area (Å²) in [5, 5.41) is 108. The summed E-state index contributed by atoms with van der Waals surface area (Å²) in [7, 11) is 7.10. The van der Waals surface area contributed by atoms with E-state index in [0.717, 1.165) is 58.0 Å². The van der Waals surface area contributed by atoms with Crippen LogP contribution in [0.2, 0.25) is 0 Å². The van der Waals surface area contributed by atoms with Crippen LogP contribution in [-0.4, -0.2) is 130 Å². The van der Waals surface area contributed by atoms with E-state index in [4.69, 9.17) is 56.3 Å². The molecule has 0 saturated heterocycles. The molecule has 0 saturated carbocycles. The fourth-order valence-electron chi connectivity index (χ4n) is 8.43. The van der Waals surface area contributed by atoms with Crippen molar-refractivity contribution in [1.29, 1.82) is 16.1 Å². The van der Waals surface area contributed by atoms with Crippen LogP contribution in [0.25, 0.3) is 32.7 Å². The summed E-state index contributed by atoms with van der Waals surface area (Å²) in [6.07, 6.45) is 6.41. The quantitative estimate of drug-likeness (QED) is 0.00641. The van der Waals surface area contributed by atoms with E-state index in [0.29, 0.717) is 95.5 Å². The fraction of sp³-hybridized carbons (Fsp3) is 0.283. The van der Waals surface area contributed by atoms with Crippen molar-refractivity contribution in [3.63, 3.8) is 0 Å². The van der Waals surface area contributed by atoms with Gasteiger partial charge >= 0.3 is 0 Å². The smallest absolute Gasteiger partial charge is 0.296 e. The first kappa shape index (κ1) is 91.6. The van der Waals surface area contributed by atoms with Gasteiger partial charge in [-0.1, -0.05) is 0 Å². The molecule has 0 bridgehead atoms. The molecule has 0 spiro atoms. The SMILES string of the molecule is CCOC(=N)CCNc1cc(OC)c(O)c2c(C)ccnc12.COc1cc(NCCC#N)c2nccc(C)c2c1O.COc1cc(NCCC(=N)N)c2nccc(C)c2c1O.COc1cc([N+](=O)[O-])c(N)cc1O.COc1cc([N+](=O)[O-])c(NC(C)=O)cc1O.[Ar].[Ar].[Ar].[Ar].[Ar]. The van der Waals surface area contributed by atoms with E-state index in [1.807, 2.05) is 45.9 Å². The van der Waals surface area contributed by atoms with E-state index in [2.05, 4.69) is 47.0 Å². The van der Waals surface area contributed by atoms with Gasteiger partial charge in [0.25, 0.3) is 11.4 Å². The maximum atomic E-state index is 10.8. The van der Waals surface area contributed by atoms with Gasteiger partial charge in [-0.15, -0.1) is 0 Å². The van der Waals surface area contributed by atoms with Crippen molar-refractivity contribution in [2.75, 3.05) is 88.8 Å². The van der Waals surface area contributed by atoms with Crippen LogP contribution in [0.3, 0.4) is 0 Å². The molecule has 1 amide bonds. The Morgan fingerprint density at radius 1 is 0.579 bits per heavy atom. The van der Waals surface area contributed by atoms with E-state index in [1.165, 1.54) is 42.5 Å². The molecule has 5 aromatic carbocycles. The summed E-state index contributed by atoms with van der Waals surface area (Å²) >= 11 is 0. The molecular weight excluding hydrogens is 1370 g/mol. The summed E-state index contributed by atoms with van der Waals surface area (Å²) in [6, 6.07) is 17.0. The van der Waals surface area contributed by atoms with Crippen LogP contribution in [0.5, 0.6) is 57.5 Å².